The van der Waals surface area contributed by atoms with Gasteiger partial charge in [0.1, 0.15) is 23.9 Å². The molecule has 3 amide bonds. The Kier molecular flexibility index (Phi) is 7.29. The van der Waals surface area contributed by atoms with Gasteiger partial charge < -0.3 is 19.7 Å². The highest BCUT2D eigenvalue weighted by atomic mass is 19.1. The van der Waals surface area contributed by atoms with Crippen LogP contribution in [-0.2, 0) is 4.79 Å². The van der Waals surface area contributed by atoms with Crippen molar-refractivity contribution in [2.24, 2.45) is 5.10 Å². The molecule has 3 rings (SSSR count). The number of carbonyl (C=O) groups is 2. The van der Waals surface area contributed by atoms with Gasteiger partial charge in [-0.2, -0.15) is 5.10 Å². The van der Waals surface area contributed by atoms with E-state index in [2.05, 4.69) is 10.4 Å². The first-order valence-corrected chi connectivity index (χ1v) is 10.2. The van der Waals surface area contributed by atoms with Crippen LogP contribution in [0.15, 0.2) is 47.6 Å². The molecule has 0 saturated carbocycles. The monoisotopic (exact) mass is 442 g/mol. The molecule has 9 heteroatoms. The van der Waals surface area contributed by atoms with E-state index in [1.165, 1.54) is 30.1 Å². The van der Waals surface area contributed by atoms with Crippen LogP contribution in [0.1, 0.15) is 30.5 Å². The molecule has 0 bridgehead atoms. The van der Waals surface area contributed by atoms with Gasteiger partial charge in [-0.05, 0) is 25.1 Å². The number of halogens is 1. The van der Waals surface area contributed by atoms with Crippen LogP contribution in [0.2, 0.25) is 0 Å². The number of likely N-dealkylation sites (N-methyl/N-ethyl adjacent to an activating group) is 1. The van der Waals surface area contributed by atoms with Gasteiger partial charge >= 0.3 is 6.03 Å². The van der Waals surface area contributed by atoms with Crippen molar-refractivity contribution in [3.05, 3.63) is 59.4 Å². The second kappa shape index (κ2) is 10.1. The average Bonchev–Trinajstić information content (AvgIpc) is 3.24. The molecule has 0 radical (unpaired) electrons. The summed E-state index contributed by atoms with van der Waals surface area (Å²) < 4.78 is 25.4. The number of nitrogens with zero attached hydrogens (tertiary/aromatic N) is 3. The summed E-state index contributed by atoms with van der Waals surface area (Å²) in [6.45, 7) is 2.03. The van der Waals surface area contributed by atoms with E-state index in [1.807, 2.05) is 0 Å². The van der Waals surface area contributed by atoms with Crippen molar-refractivity contribution in [2.45, 2.75) is 19.4 Å². The van der Waals surface area contributed by atoms with E-state index in [0.29, 0.717) is 41.3 Å². The Bertz CT molecular complexity index is 1030. The van der Waals surface area contributed by atoms with Gasteiger partial charge in [-0.25, -0.2) is 14.2 Å². The van der Waals surface area contributed by atoms with Crippen LogP contribution in [0.4, 0.5) is 9.18 Å². The van der Waals surface area contributed by atoms with Crippen LogP contribution in [0.25, 0.3) is 0 Å². The predicted octanol–water partition coefficient (Wildman–Crippen LogP) is 3.18. The SMILES string of the molecule is CCNC(=O)N(C)CC(=O)N1N=C(c2ccc(OC)cc2OC)C[C@H]1c1ccccc1F. The van der Waals surface area contributed by atoms with E-state index in [1.54, 1.807) is 50.4 Å². The fraction of sp³-hybridized carbons (Fsp3) is 0.348. The number of urea groups is 1. The summed E-state index contributed by atoms with van der Waals surface area (Å²) in [6.07, 6.45) is 0.292. The number of ether oxygens (including phenoxy) is 2. The molecule has 0 aliphatic carbocycles. The van der Waals surface area contributed by atoms with Gasteiger partial charge in [-0.3, -0.25) is 4.79 Å². The molecule has 1 N–H and O–H groups in total. The molecule has 170 valence electrons. The normalized spacial score (nSPS) is 15.2. The maximum absolute atomic E-state index is 14.6. The molecule has 0 fully saturated rings. The van der Waals surface area contributed by atoms with E-state index in [4.69, 9.17) is 9.47 Å². The lowest BCUT2D eigenvalue weighted by Gasteiger charge is -2.25. The molecule has 1 aliphatic heterocycles. The van der Waals surface area contributed by atoms with E-state index in [0.717, 1.165) is 0 Å². The number of hydrogen-bond donors (Lipinski definition) is 1. The fourth-order valence-corrected chi connectivity index (χ4v) is 3.56. The highest BCUT2D eigenvalue weighted by molar-refractivity contribution is 6.05. The van der Waals surface area contributed by atoms with Crippen LogP contribution >= 0.6 is 0 Å². The summed E-state index contributed by atoms with van der Waals surface area (Å²) >= 11 is 0. The highest BCUT2D eigenvalue weighted by Crippen LogP contribution is 2.37. The zero-order valence-corrected chi connectivity index (χ0v) is 18.6. The number of nitrogens with one attached hydrogen (secondary N) is 1. The largest absolute Gasteiger partial charge is 0.497 e. The van der Waals surface area contributed by atoms with Gasteiger partial charge in [0.15, 0.2) is 0 Å². The summed E-state index contributed by atoms with van der Waals surface area (Å²) in [5.74, 6) is 0.301. The lowest BCUT2D eigenvalue weighted by molar-refractivity contribution is -0.133. The van der Waals surface area contributed by atoms with Crippen LogP contribution < -0.4 is 14.8 Å². The first kappa shape index (κ1) is 23.1. The Balaban J connectivity index is 1.96. The smallest absolute Gasteiger partial charge is 0.317 e. The summed E-state index contributed by atoms with van der Waals surface area (Å²) in [7, 11) is 4.61. The summed E-state index contributed by atoms with van der Waals surface area (Å²) in [4.78, 5) is 26.4. The zero-order valence-electron chi connectivity index (χ0n) is 18.6. The lowest BCUT2D eigenvalue weighted by Crippen LogP contribution is -2.43. The molecular formula is C23H27FN4O4. The number of hydrogen-bond acceptors (Lipinski definition) is 5. The second-order valence-electron chi connectivity index (χ2n) is 7.28. The summed E-state index contributed by atoms with van der Waals surface area (Å²) in [6, 6.07) is 10.6. The first-order valence-electron chi connectivity index (χ1n) is 10.2. The van der Waals surface area contributed by atoms with Crippen LogP contribution in [0, 0.1) is 5.82 Å². The van der Waals surface area contributed by atoms with E-state index in [9.17, 15) is 14.0 Å². The molecule has 1 aliphatic rings. The van der Waals surface area contributed by atoms with Crippen molar-refractivity contribution in [3.63, 3.8) is 0 Å². The Hall–Kier alpha value is -3.62. The van der Waals surface area contributed by atoms with E-state index in [-0.39, 0.29) is 12.6 Å². The van der Waals surface area contributed by atoms with Gasteiger partial charge in [0.25, 0.3) is 5.91 Å². The molecule has 1 atom stereocenters. The molecule has 2 aromatic carbocycles. The van der Waals surface area contributed by atoms with Gasteiger partial charge in [0, 0.05) is 37.2 Å². The minimum absolute atomic E-state index is 0.201. The fourth-order valence-electron chi connectivity index (χ4n) is 3.56. The number of amides is 3. The van der Waals surface area contributed by atoms with Crippen molar-refractivity contribution in [3.8, 4) is 11.5 Å². The molecular weight excluding hydrogens is 415 g/mol. The standard InChI is InChI=1S/C23H27FN4O4/c1-5-25-23(30)27(2)14-22(29)28-20(16-8-6-7-9-18(16)24)13-19(26-28)17-11-10-15(31-3)12-21(17)32-4/h6-12,20H,5,13-14H2,1-4H3,(H,25,30)/t20-/m0/s1. The second-order valence-corrected chi connectivity index (χ2v) is 7.28. The highest BCUT2D eigenvalue weighted by Gasteiger charge is 2.36. The van der Waals surface area contributed by atoms with Crippen LogP contribution in [0.3, 0.4) is 0 Å². The van der Waals surface area contributed by atoms with E-state index < -0.39 is 17.8 Å². The lowest BCUT2D eigenvalue weighted by atomic mass is 9.97. The van der Waals surface area contributed by atoms with Crippen molar-refractivity contribution >= 4 is 17.6 Å². The molecule has 32 heavy (non-hydrogen) atoms. The Morgan fingerprint density at radius 1 is 1.22 bits per heavy atom. The molecule has 0 saturated heterocycles. The number of carbonyl (C=O) groups excluding carboxylic acids is 2. The van der Waals surface area contributed by atoms with Crippen molar-refractivity contribution < 1.29 is 23.5 Å². The maximum Gasteiger partial charge on any atom is 0.317 e. The maximum atomic E-state index is 14.6. The number of methoxy groups -OCH3 is 2. The van der Waals surface area contributed by atoms with Gasteiger partial charge in [-0.15, -0.1) is 0 Å². The first-order chi connectivity index (χ1) is 15.4. The topological polar surface area (TPSA) is 83.5 Å². The minimum atomic E-state index is -0.645. The van der Waals surface area contributed by atoms with E-state index >= 15 is 0 Å². The summed E-state index contributed by atoms with van der Waals surface area (Å²) in [5, 5.41) is 8.44. The molecule has 0 aromatic heterocycles. The minimum Gasteiger partial charge on any atom is -0.497 e. The third-order valence-corrected chi connectivity index (χ3v) is 5.20. The average molecular weight is 442 g/mol. The number of hydrazone groups is 1. The number of rotatable bonds is 7. The molecule has 8 nitrogen and oxygen atoms in total. The van der Waals surface area contributed by atoms with Crippen LogP contribution in [0.5, 0.6) is 11.5 Å². The third kappa shape index (κ3) is 4.82. The van der Waals surface area contributed by atoms with Crippen LogP contribution in [-0.4, -0.2) is 61.9 Å². The Morgan fingerprint density at radius 2 is 1.97 bits per heavy atom. The van der Waals surface area contributed by atoms with Crippen molar-refractivity contribution in [2.75, 3.05) is 34.4 Å². The summed E-state index contributed by atoms with van der Waals surface area (Å²) in [5.41, 5.74) is 1.61. The van der Waals surface area contributed by atoms with Crippen molar-refractivity contribution in [1.82, 2.24) is 15.2 Å². The Morgan fingerprint density at radius 3 is 2.62 bits per heavy atom. The van der Waals surface area contributed by atoms with Gasteiger partial charge in [0.05, 0.1) is 26.0 Å². The van der Waals surface area contributed by atoms with Gasteiger partial charge in [0.2, 0.25) is 0 Å². The molecule has 1 heterocycles. The quantitative estimate of drug-likeness (QED) is 0.714. The third-order valence-electron chi connectivity index (χ3n) is 5.20. The molecule has 0 spiro atoms. The molecule has 2 aromatic rings. The zero-order chi connectivity index (χ0) is 23.3. The van der Waals surface area contributed by atoms with Crippen molar-refractivity contribution in [1.29, 1.82) is 0 Å². The molecule has 0 unspecified atom stereocenters. The van der Waals surface area contributed by atoms with Gasteiger partial charge in [-0.1, -0.05) is 18.2 Å². The number of benzene rings is 2. The Labute approximate surface area is 186 Å². The predicted molar refractivity (Wildman–Crippen MR) is 118 cm³/mol.